The molecule has 0 amide bonds. The number of nitrogens with zero attached hydrogens (tertiary/aromatic N) is 1. The summed E-state index contributed by atoms with van der Waals surface area (Å²) in [5.41, 5.74) is 0.138. The minimum Gasteiger partial charge on any atom is -0.385 e. The first-order chi connectivity index (χ1) is 13.4. The quantitative estimate of drug-likeness (QED) is 0.551. The Labute approximate surface area is 161 Å². The van der Waals surface area contributed by atoms with Crippen molar-refractivity contribution in [2.45, 2.75) is 11.7 Å². The van der Waals surface area contributed by atoms with Crippen LogP contribution in [0.3, 0.4) is 0 Å². The van der Waals surface area contributed by atoms with Gasteiger partial charge < -0.3 is 14.8 Å². The van der Waals surface area contributed by atoms with Crippen LogP contribution in [0, 0.1) is 11.6 Å². The first-order valence-corrected chi connectivity index (χ1v) is 8.87. The van der Waals surface area contributed by atoms with Crippen LogP contribution in [-0.2, 0) is 12.6 Å². The topological polar surface area (TPSA) is 45.4 Å². The lowest BCUT2D eigenvalue weighted by molar-refractivity contribution is -0.0511. The number of aliphatic hydroxyl groups is 2. The number of hydrogen-bond donors (Lipinski definition) is 2. The summed E-state index contributed by atoms with van der Waals surface area (Å²) in [6, 6.07) is 18.1. The van der Waals surface area contributed by atoms with Crippen molar-refractivity contribution in [1.29, 1.82) is 0 Å². The molecule has 2 N–H and O–H groups in total. The van der Waals surface area contributed by atoms with Crippen molar-refractivity contribution in [2.24, 2.45) is 7.05 Å². The monoisotopic (exact) mass is 379 g/mol. The fourth-order valence-electron chi connectivity index (χ4n) is 3.71. The van der Waals surface area contributed by atoms with E-state index in [1.54, 1.807) is 6.20 Å². The Hall–Kier alpha value is -3.02. The zero-order chi connectivity index (χ0) is 19.9. The normalized spacial score (nSPS) is 13.0. The molecule has 1 unspecified atom stereocenters. The third-order valence-electron chi connectivity index (χ3n) is 5.19. The molecule has 4 aromatic rings. The number of rotatable bonds is 4. The SMILES string of the molecule is Cn1cc(C(O)C(O)(c2ccc(F)cc2)c2ccc(F)cc2)c2ccccc21. The first-order valence-electron chi connectivity index (χ1n) is 8.87. The van der Waals surface area contributed by atoms with Gasteiger partial charge in [0.1, 0.15) is 23.3 Å². The van der Waals surface area contributed by atoms with Gasteiger partial charge in [0, 0.05) is 29.7 Å². The Morgan fingerprint density at radius 3 is 1.86 bits per heavy atom. The molecule has 142 valence electrons. The highest BCUT2D eigenvalue weighted by Crippen LogP contribution is 2.43. The Bertz CT molecular complexity index is 1070. The van der Waals surface area contributed by atoms with Gasteiger partial charge in [0.15, 0.2) is 0 Å². The van der Waals surface area contributed by atoms with Gasteiger partial charge in [-0.15, -0.1) is 0 Å². The molecule has 3 nitrogen and oxygen atoms in total. The molecule has 5 heteroatoms. The van der Waals surface area contributed by atoms with Crippen LogP contribution in [0.15, 0.2) is 79.0 Å². The van der Waals surface area contributed by atoms with Crippen molar-refractivity contribution in [2.75, 3.05) is 0 Å². The Morgan fingerprint density at radius 2 is 1.32 bits per heavy atom. The number of fused-ring (bicyclic) bond motifs is 1. The Kier molecular flexibility index (Phi) is 4.49. The van der Waals surface area contributed by atoms with Crippen molar-refractivity contribution in [3.05, 3.63) is 107 Å². The molecule has 0 fully saturated rings. The molecule has 0 bridgehead atoms. The first kappa shape index (κ1) is 18.3. The number of aryl methyl sites for hydroxylation is 1. The van der Waals surface area contributed by atoms with E-state index in [1.165, 1.54) is 48.5 Å². The highest BCUT2D eigenvalue weighted by molar-refractivity contribution is 5.84. The fourth-order valence-corrected chi connectivity index (χ4v) is 3.71. The molecule has 1 aromatic heterocycles. The standard InChI is InChI=1S/C23H19F2NO2/c1-26-14-20(19-4-2-3-5-21(19)26)22(27)23(28,15-6-10-17(24)11-7-15)16-8-12-18(25)13-9-16/h2-14,22,27-28H,1H3. The molecule has 0 spiro atoms. The van der Waals surface area contributed by atoms with Crippen LogP contribution in [0.25, 0.3) is 10.9 Å². The fraction of sp³-hybridized carbons (Fsp3) is 0.130. The molecular weight excluding hydrogens is 360 g/mol. The van der Waals surface area contributed by atoms with E-state index in [4.69, 9.17) is 0 Å². The van der Waals surface area contributed by atoms with E-state index in [1.807, 2.05) is 35.9 Å². The summed E-state index contributed by atoms with van der Waals surface area (Å²) in [7, 11) is 1.85. The molecule has 0 saturated heterocycles. The molecule has 0 aliphatic rings. The number of aliphatic hydroxyl groups excluding tert-OH is 1. The van der Waals surface area contributed by atoms with Gasteiger partial charge in [-0.1, -0.05) is 42.5 Å². The number of benzene rings is 3. The van der Waals surface area contributed by atoms with Crippen molar-refractivity contribution < 1.29 is 19.0 Å². The van der Waals surface area contributed by atoms with Gasteiger partial charge in [0.2, 0.25) is 0 Å². The molecule has 4 rings (SSSR count). The predicted octanol–water partition coefficient (Wildman–Crippen LogP) is 4.43. The highest BCUT2D eigenvalue weighted by Gasteiger charge is 2.41. The minimum atomic E-state index is -1.90. The van der Waals surface area contributed by atoms with E-state index in [9.17, 15) is 19.0 Å². The third-order valence-corrected chi connectivity index (χ3v) is 5.19. The lowest BCUT2D eigenvalue weighted by Crippen LogP contribution is -2.35. The van der Waals surface area contributed by atoms with Crippen LogP contribution < -0.4 is 0 Å². The molecule has 0 radical (unpaired) electrons. The Balaban J connectivity index is 1.94. The van der Waals surface area contributed by atoms with E-state index in [-0.39, 0.29) is 0 Å². The van der Waals surface area contributed by atoms with Crippen LogP contribution in [0.1, 0.15) is 22.8 Å². The maximum atomic E-state index is 13.5. The van der Waals surface area contributed by atoms with Gasteiger partial charge in [-0.2, -0.15) is 0 Å². The van der Waals surface area contributed by atoms with Crippen LogP contribution >= 0.6 is 0 Å². The summed E-state index contributed by atoms with van der Waals surface area (Å²) >= 11 is 0. The van der Waals surface area contributed by atoms with Gasteiger partial charge in [-0.3, -0.25) is 0 Å². The van der Waals surface area contributed by atoms with Crippen molar-refractivity contribution in [1.82, 2.24) is 4.57 Å². The number of para-hydroxylation sites is 1. The van der Waals surface area contributed by atoms with Crippen LogP contribution in [0.5, 0.6) is 0 Å². The van der Waals surface area contributed by atoms with Gasteiger partial charge in [0.05, 0.1) is 0 Å². The van der Waals surface area contributed by atoms with E-state index < -0.39 is 23.3 Å². The maximum absolute atomic E-state index is 13.5. The van der Waals surface area contributed by atoms with Gasteiger partial charge in [-0.25, -0.2) is 8.78 Å². The van der Waals surface area contributed by atoms with Gasteiger partial charge >= 0.3 is 0 Å². The molecule has 0 aliphatic carbocycles. The second kappa shape index (κ2) is 6.86. The zero-order valence-corrected chi connectivity index (χ0v) is 15.2. The summed E-state index contributed by atoms with van der Waals surface area (Å²) < 4.78 is 28.8. The van der Waals surface area contributed by atoms with Crippen molar-refractivity contribution >= 4 is 10.9 Å². The van der Waals surface area contributed by atoms with E-state index in [0.717, 1.165) is 10.9 Å². The van der Waals surface area contributed by atoms with Gasteiger partial charge in [0.25, 0.3) is 0 Å². The lowest BCUT2D eigenvalue weighted by Gasteiger charge is -2.34. The van der Waals surface area contributed by atoms with Crippen molar-refractivity contribution in [3.63, 3.8) is 0 Å². The second-order valence-electron chi connectivity index (χ2n) is 6.90. The summed E-state index contributed by atoms with van der Waals surface area (Å²) in [6.45, 7) is 0. The Morgan fingerprint density at radius 1 is 0.821 bits per heavy atom. The molecule has 28 heavy (non-hydrogen) atoms. The van der Waals surface area contributed by atoms with Crippen LogP contribution in [0.2, 0.25) is 0 Å². The van der Waals surface area contributed by atoms with Crippen LogP contribution in [0.4, 0.5) is 8.78 Å². The molecule has 0 saturated carbocycles. The second-order valence-corrected chi connectivity index (χ2v) is 6.90. The van der Waals surface area contributed by atoms with Crippen LogP contribution in [-0.4, -0.2) is 14.8 Å². The molecule has 3 aromatic carbocycles. The zero-order valence-electron chi connectivity index (χ0n) is 15.2. The largest absolute Gasteiger partial charge is 0.385 e. The number of aromatic nitrogens is 1. The minimum absolute atomic E-state index is 0.306. The average molecular weight is 379 g/mol. The molecule has 1 heterocycles. The molecule has 1 atom stereocenters. The summed E-state index contributed by atoms with van der Waals surface area (Å²) in [4.78, 5) is 0. The number of hydrogen-bond acceptors (Lipinski definition) is 2. The summed E-state index contributed by atoms with van der Waals surface area (Å²) in [6.07, 6.45) is 0.391. The highest BCUT2D eigenvalue weighted by atomic mass is 19.1. The smallest absolute Gasteiger partial charge is 0.145 e. The lowest BCUT2D eigenvalue weighted by atomic mass is 9.79. The summed E-state index contributed by atoms with van der Waals surface area (Å²) in [5, 5.41) is 23.9. The number of halogens is 2. The van der Waals surface area contributed by atoms with E-state index in [0.29, 0.717) is 16.7 Å². The van der Waals surface area contributed by atoms with Gasteiger partial charge in [-0.05, 0) is 41.5 Å². The molecular formula is C23H19F2NO2. The predicted molar refractivity (Wildman–Crippen MR) is 104 cm³/mol. The van der Waals surface area contributed by atoms with E-state index in [2.05, 4.69) is 0 Å². The average Bonchev–Trinajstić information content (AvgIpc) is 3.05. The molecule has 0 aliphatic heterocycles. The summed E-state index contributed by atoms with van der Waals surface area (Å²) in [5.74, 6) is -0.908. The van der Waals surface area contributed by atoms with Crippen molar-refractivity contribution in [3.8, 4) is 0 Å². The third kappa shape index (κ3) is 2.89. The van der Waals surface area contributed by atoms with E-state index >= 15 is 0 Å². The maximum Gasteiger partial charge on any atom is 0.145 e.